The first-order valence-electron chi connectivity index (χ1n) is 4.04. The number of methoxy groups -OCH3 is 2. The van der Waals surface area contributed by atoms with E-state index >= 15 is 0 Å². The lowest BCUT2D eigenvalue weighted by Crippen LogP contribution is -2.02. The average molecular weight is 215 g/mol. The third kappa shape index (κ3) is 2.72. The Labute approximate surface area is 87.6 Å². The second-order valence-corrected chi connectivity index (χ2v) is 3.21. The fourth-order valence-electron chi connectivity index (χ4n) is 1.14. The standard InChI is InChI=1S/C10H11ClO3/c1-13-6-7-3-8(10(12)14-2)5-9(11)4-7/h3-5H,6H2,1-2H3. The zero-order valence-electron chi connectivity index (χ0n) is 8.04. The van der Waals surface area contributed by atoms with Crippen LogP contribution in [0.25, 0.3) is 0 Å². The summed E-state index contributed by atoms with van der Waals surface area (Å²) in [5, 5.41) is 0.500. The van der Waals surface area contributed by atoms with E-state index in [-0.39, 0.29) is 0 Å². The molecule has 0 amide bonds. The molecule has 0 aliphatic carbocycles. The molecule has 0 aromatic heterocycles. The molecule has 1 aromatic carbocycles. The summed E-state index contributed by atoms with van der Waals surface area (Å²) in [6.07, 6.45) is 0. The van der Waals surface area contributed by atoms with Gasteiger partial charge in [-0.15, -0.1) is 0 Å². The summed E-state index contributed by atoms with van der Waals surface area (Å²) in [6.45, 7) is 0.421. The Morgan fingerprint density at radius 2 is 2.07 bits per heavy atom. The first kappa shape index (κ1) is 11.0. The first-order valence-corrected chi connectivity index (χ1v) is 4.42. The minimum Gasteiger partial charge on any atom is -0.465 e. The molecule has 4 heteroatoms. The van der Waals surface area contributed by atoms with E-state index in [1.54, 1.807) is 25.3 Å². The molecule has 76 valence electrons. The van der Waals surface area contributed by atoms with E-state index in [1.165, 1.54) is 7.11 Å². The Morgan fingerprint density at radius 1 is 1.36 bits per heavy atom. The lowest BCUT2D eigenvalue weighted by Gasteiger charge is -2.04. The zero-order chi connectivity index (χ0) is 10.6. The molecule has 0 saturated carbocycles. The Hall–Kier alpha value is -1.06. The predicted octanol–water partition coefficient (Wildman–Crippen LogP) is 2.27. The summed E-state index contributed by atoms with van der Waals surface area (Å²) in [4.78, 5) is 11.2. The highest BCUT2D eigenvalue weighted by atomic mass is 35.5. The van der Waals surface area contributed by atoms with Gasteiger partial charge in [0.05, 0.1) is 19.3 Å². The molecular weight excluding hydrogens is 204 g/mol. The molecule has 0 aliphatic heterocycles. The van der Waals surface area contributed by atoms with E-state index in [1.807, 2.05) is 0 Å². The van der Waals surface area contributed by atoms with Crippen LogP contribution in [0.3, 0.4) is 0 Å². The van der Waals surface area contributed by atoms with Crippen LogP contribution in [0.1, 0.15) is 15.9 Å². The molecule has 0 fully saturated rings. The van der Waals surface area contributed by atoms with Crippen molar-refractivity contribution in [1.29, 1.82) is 0 Å². The van der Waals surface area contributed by atoms with Gasteiger partial charge in [-0.2, -0.15) is 0 Å². The van der Waals surface area contributed by atoms with E-state index in [0.717, 1.165) is 5.56 Å². The summed E-state index contributed by atoms with van der Waals surface area (Å²) >= 11 is 5.82. The summed E-state index contributed by atoms with van der Waals surface area (Å²) in [5.74, 6) is -0.398. The van der Waals surface area contributed by atoms with Crippen LogP contribution in [0.2, 0.25) is 5.02 Å². The van der Waals surface area contributed by atoms with Crippen LogP contribution < -0.4 is 0 Å². The molecule has 0 saturated heterocycles. The van der Waals surface area contributed by atoms with Crippen LogP contribution in [0.4, 0.5) is 0 Å². The number of hydrogen-bond acceptors (Lipinski definition) is 3. The smallest absolute Gasteiger partial charge is 0.337 e. The van der Waals surface area contributed by atoms with Gasteiger partial charge in [0.2, 0.25) is 0 Å². The number of carbonyl (C=O) groups is 1. The quantitative estimate of drug-likeness (QED) is 0.725. The molecule has 1 rings (SSSR count). The van der Waals surface area contributed by atoms with E-state index in [9.17, 15) is 4.79 Å². The van der Waals surface area contributed by atoms with Crippen molar-refractivity contribution in [2.24, 2.45) is 0 Å². The lowest BCUT2D eigenvalue weighted by molar-refractivity contribution is 0.0600. The minimum absolute atomic E-state index is 0.398. The van der Waals surface area contributed by atoms with Gasteiger partial charge in [-0.05, 0) is 23.8 Å². The van der Waals surface area contributed by atoms with Crippen LogP contribution in [0.5, 0.6) is 0 Å². The van der Waals surface area contributed by atoms with Crippen molar-refractivity contribution in [1.82, 2.24) is 0 Å². The topological polar surface area (TPSA) is 35.5 Å². The van der Waals surface area contributed by atoms with Crippen molar-refractivity contribution < 1.29 is 14.3 Å². The molecule has 0 aliphatic rings. The Bertz CT molecular complexity index is 336. The van der Waals surface area contributed by atoms with Crippen LogP contribution in [-0.4, -0.2) is 20.2 Å². The van der Waals surface area contributed by atoms with Crippen molar-refractivity contribution in [3.63, 3.8) is 0 Å². The van der Waals surface area contributed by atoms with Crippen molar-refractivity contribution in [3.05, 3.63) is 34.3 Å². The number of carbonyl (C=O) groups excluding carboxylic acids is 1. The second-order valence-electron chi connectivity index (χ2n) is 2.77. The maximum Gasteiger partial charge on any atom is 0.337 e. The average Bonchev–Trinajstić information content (AvgIpc) is 2.16. The summed E-state index contributed by atoms with van der Waals surface area (Å²) in [5.41, 5.74) is 1.28. The molecule has 1 aromatic rings. The first-order chi connectivity index (χ1) is 6.67. The van der Waals surface area contributed by atoms with E-state index in [2.05, 4.69) is 4.74 Å². The van der Waals surface area contributed by atoms with Gasteiger partial charge >= 0.3 is 5.97 Å². The van der Waals surface area contributed by atoms with Gasteiger partial charge in [-0.1, -0.05) is 11.6 Å². The third-order valence-electron chi connectivity index (χ3n) is 1.69. The molecule has 3 nitrogen and oxygen atoms in total. The monoisotopic (exact) mass is 214 g/mol. The minimum atomic E-state index is -0.398. The molecule has 0 unspecified atom stereocenters. The van der Waals surface area contributed by atoms with Gasteiger partial charge in [-0.3, -0.25) is 0 Å². The van der Waals surface area contributed by atoms with Crippen LogP contribution in [0.15, 0.2) is 18.2 Å². The number of ether oxygens (including phenoxy) is 2. The highest BCUT2D eigenvalue weighted by Gasteiger charge is 2.07. The Kier molecular flexibility index (Phi) is 3.92. The van der Waals surface area contributed by atoms with Crippen molar-refractivity contribution >= 4 is 17.6 Å². The Balaban J connectivity index is 3.00. The number of halogens is 1. The number of benzene rings is 1. The highest BCUT2D eigenvalue weighted by Crippen LogP contribution is 2.16. The van der Waals surface area contributed by atoms with E-state index in [0.29, 0.717) is 17.2 Å². The Morgan fingerprint density at radius 3 is 2.64 bits per heavy atom. The summed E-state index contributed by atoms with van der Waals surface area (Å²) in [7, 11) is 2.91. The SMILES string of the molecule is COCc1cc(Cl)cc(C(=O)OC)c1. The molecular formula is C10H11ClO3. The maximum absolute atomic E-state index is 11.2. The molecule has 0 heterocycles. The van der Waals surface area contributed by atoms with Crippen molar-refractivity contribution in [2.45, 2.75) is 6.61 Å². The number of hydrogen-bond donors (Lipinski definition) is 0. The third-order valence-corrected chi connectivity index (χ3v) is 1.91. The van der Waals surface area contributed by atoms with Crippen LogP contribution in [-0.2, 0) is 16.1 Å². The lowest BCUT2D eigenvalue weighted by atomic mass is 10.1. The fourth-order valence-corrected chi connectivity index (χ4v) is 1.39. The van der Waals surface area contributed by atoms with Crippen LogP contribution >= 0.6 is 11.6 Å². The van der Waals surface area contributed by atoms with Gasteiger partial charge in [0.1, 0.15) is 0 Å². The second kappa shape index (κ2) is 4.98. The molecule has 0 atom stereocenters. The zero-order valence-corrected chi connectivity index (χ0v) is 8.80. The van der Waals surface area contributed by atoms with Crippen molar-refractivity contribution in [2.75, 3.05) is 14.2 Å². The number of rotatable bonds is 3. The van der Waals surface area contributed by atoms with Gasteiger partial charge < -0.3 is 9.47 Å². The van der Waals surface area contributed by atoms with Gasteiger partial charge in [0.25, 0.3) is 0 Å². The normalized spacial score (nSPS) is 9.93. The molecule has 0 spiro atoms. The summed E-state index contributed by atoms with van der Waals surface area (Å²) < 4.78 is 9.53. The maximum atomic E-state index is 11.2. The van der Waals surface area contributed by atoms with Gasteiger partial charge in [0, 0.05) is 12.1 Å². The molecule has 0 radical (unpaired) electrons. The van der Waals surface area contributed by atoms with E-state index in [4.69, 9.17) is 16.3 Å². The van der Waals surface area contributed by atoms with E-state index < -0.39 is 5.97 Å². The van der Waals surface area contributed by atoms with Gasteiger partial charge in [-0.25, -0.2) is 4.79 Å². The molecule has 0 bridgehead atoms. The largest absolute Gasteiger partial charge is 0.465 e. The highest BCUT2D eigenvalue weighted by molar-refractivity contribution is 6.31. The van der Waals surface area contributed by atoms with Crippen LogP contribution in [0, 0.1) is 0 Å². The fraction of sp³-hybridized carbons (Fsp3) is 0.300. The summed E-state index contributed by atoms with van der Waals surface area (Å²) in [6, 6.07) is 5.01. The predicted molar refractivity (Wildman–Crippen MR) is 53.5 cm³/mol. The van der Waals surface area contributed by atoms with Gasteiger partial charge in [0.15, 0.2) is 0 Å². The molecule has 0 N–H and O–H groups in total. The van der Waals surface area contributed by atoms with Crippen molar-refractivity contribution in [3.8, 4) is 0 Å². The molecule has 14 heavy (non-hydrogen) atoms. The number of esters is 1.